The summed E-state index contributed by atoms with van der Waals surface area (Å²) in [5.74, 6) is 0.746. The second kappa shape index (κ2) is 7.19. The predicted molar refractivity (Wildman–Crippen MR) is 109 cm³/mol. The van der Waals surface area contributed by atoms with Gasteiger partial charge < -0.3 is 9.84 Å². The molecule has 0 amide bonds. The Labute approximate surface area is 163 Å². The molecule has 1 N–H and O–H groups in total. The number of sulfone groups is 1. The summed E-state index contributed by atoms with van der Waals surface area (Å²) in [7, 11) is -1.97. The van der Waals surface area contributed by atoms with Crippen molar-refractivity contribution in [2.24, 2.45) is 0 Å². The first-order chi connectivity index (χ1) is 12.3. The molecule has 27 heavy (non-hydrogen) atoms. The van der Waals surface area contributed by atoms with E-state index in [0.717, 1.165) is 11.1 Å². The largest absolute Gasteiger partial charge is 0.507 e. The van der Waals surface area contributed by atoms with Crippen molar-refractivity contribution in [1.29, 1.82) is 0 Å². The van der Waals surface area contributed by atoms with Gasteiger partial charge in [-0.15, -0.1) is 0 Å². The number of phenolic OH excluding ortho intramolecular Hbond substituents is 1. The Kier molecular flexibility index (Phi) is 5.67. The van der Waals surface area contributed by atoms with E-state index in [-0.39, 0.29) is 27.2 Å². The van der Waals surface area contributed by atoms with Crippen molar-refractivity contribution in [3.8, 4) is 11.5 Å². The highest BCUT2D eigenvalue weighted by Gasteiger charge is 2.27. The Hall–Kier alpha value is -2.01. The van der Waals surface area contributed by atoms with Crippen LogP contribution in [-0.2, 0) is 26.4 Å². The number of aromatic hydroxyl groups is 1. The van der Waals surface area contributed by atoms with E-state index in [2.05, 4.69) is 0 Å². The third-order valence-electron chi connectivity index (χ3n) is 4.56. The molecule has 2 aromatic carbocycles. The van der Waals surface area contributed by atoms with Gasteiger partial charge in [-0.05, 0) is 51.8 Å². The first-order valence-electron chi connectivity index (χ1n) is 8.99. The zero-order valence-electron chi connectivity index (χ0n) is 17.3. The van der Waals surface area contributed by atoms with Crippen molar-refractivity contribution in [3.05, 3.63) is 53.1 Å². The molecule has 0 aliphatic carbocycles. The van der Waals surface area contributed by atoms with Crippen LogP contribution in [0.5, 0.6) is 11.5 Å². The van der Waals surface area contributed by atoms with E-state index in [1.807, 2.05) is 53.7 Å². The number of hydrogen-bond acceptors (Lipinski definition) is 4. The van der Waals surface area contributed by atoms with Crippen molar-refractivity contribution in [2.45, 2.75) is 63.0 Å². The van der Waals surface area contributed by atoms with Crippen LogP contribution < -0.4 is 4.74 Å². The van der Waals surface area contributed by atoms with Crippen molar-refractivity contribution in [2.75, 3.05) is 7.11 Å². The topological polar surface area (TPSA) is 63.6 Å². The second-order valence-corrected chi connectivity index (χ2v) is 11.0. The first kappa shape index (κ1) is 21.3. The molecule has 0 radical (unpaired) electrons. The lowest BCUT2D eigenvalue weighted by Crippen LogP contribution is -2.18. The Bertz CT molecular complexity index is 877. The lowest BCUT2D eigenvalue weighted by Gasteiger charge is -2.28. The van der Waals surface area contributed by atoms with E-state index in [9.17, 15) is 13.5 Å². The van der Waals surface area contributed by atoms with Gasteiger partial charge in [0.15, 0.2) is 9.84 Å². The first-order valence-corrected chi connectivity index (χ1v) is 10.6. The fourth-order valence-electron chi connectivity index (χ4n) is 3.01. The Balaban J connectivity index is 2.54. The molecular formula is C22H30O4S. The lowest BCUT2D eigenvalue weighted by atomic mass is 9.78. The van der Waals surface area contributed by atoms with E-state index >= 15 is 0 Å². The molecule has 0 saturated carbocycles. The van der Waals surface area contributed by atoms with Gasteiger partial charge in [-0.25, -0.2) is 8.42 Å². The van der Waals surface area contributed by atoms with Crippen LogP contribution in [0.15, 0.2) is 41.3 Å². The van der Waals surface area contributed by atoms with Gasteiger partial charge >= 0.3 is 0 Å². The number of benzene rings is 2. The Morgan fingerprint density at radius 3 is 1.70 bits per heavy atom. The van der Waals surface area contributed by atoms with E-state index in [0.29, 0.717) is 11.3 Å². The lowest BCUT2D eigenvalue weighted by molar-refractivity contribution is 0.414. The van der Waals surface area contributed by atoms with Crippen LogP contribution in [0.2, 0.25) is 0 Å². The van der Waals surface area contributed by atoms with Crippen LogP contribution in [0.1, 0.15) is 58.2 Å². The summed E-state index contributed by atoms with van der Waals surface area (Å²) in [6.45, 7) is 12.1. The van der Waals surface area contributed by atoms with Crippen LogP contribution in [0.4, 0.5) is 0 Å². The maximum absolute atomic E-state index is 12.9. The Morgan fingerprint density at radius 2 is 1.33 bits per heavy atom. The summed E-state index contributed by atoms with van der Waals surface area (Å²) in [6, 6.07) is 10.0. The zero-order valence-corrected chi connectivity index (χ0v) is 18.1. The van der Waals surface area contributed by atoms with Gasteiger partial charge in [0, 0.05) is 0 Å². The maximum Gasteiger partial charge on any atom is 0.182 e. The normalized spacial score (nSPS) is 12.9. The highest BCUT2D eigenvalue weighted by atomic mass is 32.2. The summed E-state index contributed by atoms with van der Waals surface area (Å²) < 4.78 is 30.9. The van der Waals surface area contributed by atoms with Gasteiger partial charge in [-0.3, -0.25) is 0 Å². The van der Waals surface area contributed by atoms with Gasteiger partial charge in [0.2, 0.25) is 0 Å². The summed E-state index contributed by atoms with van der Waals surface area (Å²) in [4.78, 5) is 0.256. The Morgan fingerprint density at radius 1 is 0.889 bits per heavy atom. The van der Waals surface area contributed by atoms with Crippen LogP contribution in [0, 0.1) is 0 Å². The van der Waals surface area contributed by atoms with Crippen molar-refractivity contribution >= 4 is 9.84 Å². The minimum atomic E-state index is -3.51. The monoisotopic (exact) mass is 390 g/mol. The van der Waals surface area contributed by atoms with E-state index in [4.69, 9.17) is 4.74 Å². The second-order valence-electron chi connectivity index (χ2n) is 8.97. The van der Waals surface area contributed by atoms with E-state index in [1.165, 1.54) is 0 Å². The van der Waals surface area contributed by atoms with Gasteiger partial charge in [-0.2, -0.15) is 0 Å². The molecular weight excluding hydrogens is 360 g/mol. The number of methoxy groups -OCH3 is 1. The number of rotatable bonds is 4. The van der Waals surface area contributed by atoms with Crippen molar-refractivity contribution in [3.63, 3.8) is 0 Å². The summed E-state index contributed by atoms with van der Waals surface area (Å²) in [5.41, 5.74) is 1.59. The molecule has 0 unspecified atom stereocenters. The average molecular weight is 391 g/mol. The summed E-state index contributed by atoms with van der Waals surface area (Å²) in [6.07, 6.45) is 0. The highest BCUT2D eigenvalue weighted by Crippen LogP contribution is 2.40. The van der Waals surface area contributed by atoms with Crippen LogP contribution in [0.3, 0.4) is 0 Å². The van der Waals surface area contributed by atoms with E-state index < -0.39 is 9.84 Å². The molecule has 0 fully saturated rings. The molecule has 5 heteroatoms. The SMILES string of the molecule is COc1ccc(S(=O)(=O)Cc2cc(C(C)(C)C)c(O)c(C(C)(C)C)c2)cc1. The number of hydrogen-bond donors (Lipinski definition) is 1. The van der Waals surface area contributed by atoms with E-state index in [1.54, 1.807) is 31.4 Å². The quantitative estimate of drug-likeness (QED) is 0.800. The van der Waals surface area contributed by atoms with Crippen molar-refractivity contribution in [1.82, 2.24) is 0 Å². The van der Waals surface area contributed by atoms with Gasteiger partial charge in [-0.1, -0.05) is 53.7 Å². The zero-order chi connectivity index (χ0) is 20.6. The van der Waals surface area contributed by atoms with Gasteiger partial charge in [0.25, 0.3) is 0 Å². The molecule has 4 nitrogen and oxygen atoms in total. The molecule has 0 heterocycles. The maximum atomic E-state index is 12.9. The minimum absolute atomic E-state index is 0.119. The summed E-state index contributed by atoms with van der Waals surface area (Å²) in [5, 5.41) is 10.8. The van der Waals surface area contributed by atoms with Crippen LogP contribution >= 0.6 is 0 Å². The molecule has 2 rings (SSSR count). The average Bonchev–Trinajstić information content (AvgIpc) is 2.54. The molecule has 148 valence electrons. The molecule has 2 aromatic rings. The number of phenols is 1. The fourth-order valence-corrected chi connectivity index (χ4v) is 4.33. The number of ether oxygens (including phenoxy) is 1. The third kappa shape index (κ3) is 4.83. The minimum Gasteiger partial charge on any atom is -0.507 e. The molecule has 0 atom stereocenters. The molecule has 0 aliphatic heterocycles. The molecule has 0 bridgehead atoms. The molecule has 0 aromatic heterocycles. The highest BCUT2D eigenvalue weighted by molar-refractivity contribution is 7.90. The molecule has 0 spiro atoms. The van der Waals surface area contributed by atoms with Gasteiger partial charge in [0.05, 0.1) is 17.8 Å². The third-order valence-corrected chi connectivity index (χ3v) is 6.26. The van der Waals surface area contributed by atoms with Crippen LogP contribution in [0.25, 0.3) is 0 Å². The molecule has 0 saturated heterocycles. The van der Waals surface area contributed by atoms with Gasteiger partial charge in [0.1, 0.15) is 11.5 Å². The summed E-state index contributed by atoms with van der Waals surface area (Å²) >= 11 is 0. The standard InChI is InChI=1S/C22H30O4S/c1-21(2,3)18-12-15(13-19(20(18)23)22(4,5)6)14-27(24,25)17-10-8-16(26-7)9-11-17/h8-13,23H,14H2,1-7H3. The van der Waals surface area contributed by atoms with Crippen LogP contribution in [-0.4, -0.2) is 20.6 Å². The molecule has 0 aliphatic rings. The van der Waals surface area contributed by atoms with Crippen molar-refractivity contribution < 1.29 is 18.3 Å². The predicted octanol–water partition coefficient (Wildman–Crippen LogP) is 4.97. The smallest absolute Gasteiger partial charge is 0.182 e. The fraction of sp³-hybridized carbons (Fsp3) is 0.455.